The summed E-state index contributed by atoms with van der Waals surface area (Å²) in [6.07, 6.45) is 4.44. The van der Waals surface area contributed by atoms with E-state index in [2.05, 4.69) is 115 Å². The fourth-order valence-corrected chi connectivity index (χ4v) is 5.18. The topological polar surface area (TPSA) is 3.24 Å². The Hall–Kier alpha value is -2.02. The fraction of sp³-hybridized carbons (Fsp3) is 0.548. The van der Waals surface area contributed by atoms with E-state index in [1.807, 2.05) is 0 Å². The van der Waals surface area contributed by atoms with E-state index < -0.39 is 0 Å². The van der Waals surface area contributed by atoms with Crippen molar-refractivity contribution in [2.45, 2.75) is 79.1 Å². The van der Waals surface area contributed by atoms with E-state index in [9.17, 15) is 0 Å². The maximum atomic E-state index is 4.07. The van der Waals surface area contributed by atoms with Crippen LogP contribution in [0.2, 0.25) is 0 Å². The summed E-state index contributed by atoms with van der Waals surface area (Å²) in [6, 6.07) is 16.3. The minimum absolute atomic E-state index is 0.113. The van der Waals surface area contributed by atoms with Crippen LogP contribution in [0.25, 0.3) is 0 Å². The largest absolute Gasteiger partial charge is 0.371 e. The second kappa shape index (κ2) is 9.46. The molecule has 0 aromatic heterocycles. The summed E-state index contributed by atoms with van der Waals surface area (Å²) in [6.45, 7) is 25.1. The van der Waals surface area contributed by atoms with Gasteiger partial charge < -0.3 is 4.90 Å². The molecule has 2 unspecified atom stereocenters. The lowest BCUT2D eigenvalue weighted by Gasteiger charge is -2.39. The third-order valence-electron chi connectivity index (χ3n) is 7.66. The number of hydrogen-bond acceptors (Lipinski definition) is 1. The molecule has 0 bridgehead atoms. The zero-order valence-corrected chi connectivity index (χ0v) is 21.8. The predicted octanol–water partition coefficient (Wildman–Crippen LogP) is 7.96. The number of benzene rings is 2. The van der Waals surface area contributed by atoms with Gasteiger partial charge in [0.25, 0.3) is 0 Å². The number of rotatable bonds is 8. The third kappa shape index (κ3) is 5.30. The van der Waals surface area contributed by atoms with Gasteiger partial charge in [-0.05, 0) is 75.8 Å². The maximum Gasteiger partial charge on any atom is 0.0366 e. The molecule has 0 N–H and O–H groups in total. The van der Waals surface area contributed by atoms with Gasteiger partial charge >= 0.3 is 0 Å². The van der Waals surface area contributed by atoms with Crippen molar-refractivity contribution in [1.82, 2.24) is 0 Å². The zero-order valence-electron chi connectivity index (χ0n) is 21.8. The standard InChI is InChI=1S/C31H45N/c1-10-24-18-25-12-11-13-29(28(25)19-24)31(8,9)23(4)21-32(20-22(2)3)27-16-14-26(15-17-27)30(5,6)7/h10-17,22-24H,1,18-21H2,2-9H3. The third-order valence-corrected chi connectivity index (χ3v) is 7.66. The molecule has 0 spiro atoms. The number of allylic oxidation sites excluding steroid dienone is 1. The molecular weight excluding hydrogens is 386 g/mol. The second-order valence-electron chi connectivity index (χ2n) is 12.1. The summed E-state index contributed by atoms with van der Waals surface area (Å²) in [4.78, 5) is 2.61. The highest BCUT2D eigenvalue weighted by atomic mass is 15.1. The fourth-order valence-electron chi connectivity index (χ4n) is 5.18. The SMILES string of the molecule is C=CC1Cc2cccc(C(C)(C)C(C)CN(CC(C)C)c3ccc(C(C)(C)C)cc3)c2C1. The normalized spacial score (nSPS) is 17.3. The molecule has 1 aliphatic rings. The van der Waals surface area contributed by atoms with Crippen LogP contribution < -0.4 is 4.90 Å². The van der Waals surface area contributed by atoms with E-state index in [1.165, 1.54) is 16.8 Å². The van der Waals surface area contributed by atoms with E-state index in [4.69, 9.17) is 0 Å². The molecule has 0 fully saturated rings. The highest BCUT2D eigenvalue weighted by Gasteiger charge is 2.34. The van der Waals surface area contributed by atoms with Crippen LogP contribution in [-0.2, 0) is 23.7 Å². The van der Waals surface area contributed by atoms with Gasteiger partial charge in [-0.3, -0.25) is 0 Å². The van der Waals surface area contributed by atoms with Gasteiger partial charge in [-0.2, -0.15) is 0 Å². The van der Waals surface area contributed by atoms with Gasteiger partial charge in [0, 0.05) is 18.8 Å². The average molecular weight is 432 g/mol. The van der Waals surface area contributed by atoms with Crippen molar-refractivity contribution in [3.8, 4) is 0 Å². The monoisotopic (exact) mass is 431 g/mol. The molecule has 174 valence electrons. The highest BCUT2D eigenvalue weighted by molar-refractivity contribution is 5.49. The summed E-state index contributed by atoms with van der Waals surface area (Å²) >= 11 is 0. The highest BCUT2D eigenvalue weighted by Crippen LogP contribution is 2.40. The van der Waals surface area contributed by atoms with Crippen LogP contribution in [0.5, 0.6) is 0 Å². The molecule has 0 aliphatic heterocycles. The lowest BCUT2D eigenvalue weighted by Crippen LogP contribution is -2.39. The summed E-state index contributed by atoms with van der Waals surface area (Å²) in [7, 11) is 0. The molecule has 1 aliphatic carbocycles. The average Bonchev–Trinajstić information content (AvgIpc) is 3.15. The van der Waals surface area contributed by atoms with Crippen molar-refractivity contribution >= 4 is 5.69 Å². The van der Waals surface area contributed by atoms with Gasteiger partial charge in [-0.1, -0.05) is 91.8 Å². The minimum Gasteiger partial charge on any atom is -0.371 e. The Morgan fingerprint density at radius 3 is 2.16 bits per heavy atom. The maximum absolute atomic E-state index is 4.07. The molecule has 0 radical (unpaired) electrons. The lowest BCUT2D eigenvalue weighted by atomic mass is 9.71. The van der Waals surface area contributed by atoms with Crippen molar-refractivity contribution in [2.75, 3.05) is 18.0 Å². The molecule has 32 heavy (non-hydrogen) atoms. The molecule has 0 heterocycles. The van der Waals surface area contributed by atoms with Crippen LogP contribution >= 0.6 is 0 Å². The molecule has 2 aromatic carbocycles. The molecule has 0 saturated carbocycles. The van der Waals surface area contributed by atoms with Crippen LogP contribution in [0.1, 0.15) is 77.6 Å². The van der Waals surface area contributed by atoms with Gasteiger partial charge in [0.1, 0.15) is 0 Å². The number of nitrogens with zero attached hydrogens (tertiary/aromatic N) is 1. The van der Waals surface area contributed by atoms with E-state index >= 15 is 0 Å². The minimum atomic E-state index is 0.113. The number of fused-ring (bicyclic) bond motifs is 1. The number of hydrogen-bond donors (Lipinski definition) is 0. The lowest BCUT2D eigenvalue weighted by molar-refractivity contribution is 0.338. The number of anilines is 1. The first-order valence-corrected chi connectivity index (χ1v) is 12.5. The molecule has 3 rings (SSSR count). The molecule has 2 atom stereocenters. The van der Waals surface area contributed by atoms with Crippen LogP contribution in [0.4, 0.5) is 5.69 Å². The summed E-state index contributed by atoms with van der Waals surface area (Å²) < 4.78 is 0. The van der Waals surface area contributed by atoms with Crippen molar-refractivity contribution in [2.24, 2.45) is 17.8 Å². The Kier molecular flexibility index (Phi) is 7.28. The Balaban J connectivity index is 1.86. The Morgan fingerprint density at radius 2 is 1.59 bits per heavy atom. The van der Waals surface area contributed by atoms with Gasteiger partial charge in [0.2, 0.25) is 0 Å². The zero-order chi connectivity index (χ0) is 23.7. The first kappa shape index (κ1) is 24.6. The molecule has 1 nitrogen and oxygen atoms in total. The quantitative estimate of drug-likeness (QED) is 0.383. The van der Waals surface area contributed by atoms with Crippen molar-refractivity contribution in [3.63, 3.8) is 0 Å². The summed E-state index contributed by atoms with van der Waals surface area (Å²) in [5.41, 5.74) is 7.70. The van der Waals surface area contributed by atoms with Crippen molar-refractivity contribution in [3.05, 3.63) is 77.4 Å². The van der Waals surface area contributed by atoms with E-state index in [1.54, 1.807) is 11.1 Å². The predicted molar refractivity (Wildman–Crippen MR) is 142 cm³/mol. The van der Waals surface area contributed by atoms with Crippen LogP contribution in [0.3, 0.4) is 0 Å². The molecule has 0 amide bonds. The first-order chi connectivity index (χ1) is 14.9. The molecule has 0 saturated heterocycles. The van der Waals surface area contributed by atoms with Crippen LogP contribution in [0, 0.1) is 17.8 Å². The molecule has 1 heteroatoms. The Morgan fingerprint density at radius 1 is 0.938 bits per heavy atom. The van der Waals surface area contributed by atoms with Gasteiger partial charge in [0.05, 0.1) is 0 Å². The molecular formula is C31H45N. The summed E-state index contributed by atoms with van der Waals surface area (Å²) in [5, 5.41) is 0. The van der Waals surface area contributed by atoms with E-state index in [-0.39, 0.29) is 10.8 Å². The van der Waals surface area contributed by atoms with Crippen molar-refractivity contribution < 1.29 is 0 Å². The van der Waals surface area contributed by atoms with Gasteiger partial charge in [0.15, 0.2) is 0 Å². The Labute approximate surface area is 197 Å². The van der Waals surface area contributed by atoms with Gasteiger partial charge in [-0.15, -0.1) is 6.58 Å². The van der Waals surface area contributed by atoms with E-state index in [0.717, 1.165) is 25.9 Å². The van der Waals surface area contributed by atoms with Crippen LogP contribution in [0.15, 0.2) is 55.1 Å². The summed E-state index contributed by atoms with van der Waals surface area (Å²) in [5.74, 6) is 1.75. The first-order valence-electron chi connectivity index (χ1n) is 12.5. The van der Waals surface area contributed by atoms with Crippen LogP contribution in [-0.4, -0.2) is 13.1 Å². The Bertz CT molecular complexity index is 910. The van der Waals surface area contributed by atoms with Crippen molar-refractivity contribution in [1.29, 1.82) is 0 Å². The smallest absolute Gasteiger partial charge is 0.0366 e. The second-order valence-corrected chi connectivity index (χ2v) is 12.1. The molecule has 2 aromatic rings. The van der Waals surface area contributed by atoms with E-state index in [0.29, 0.717) is 17.8 Å². The van der Waals surface area contributed by atoms with Gasteiger partial charge in [-0.25, -0.2) is 0 Å².